The molecule has 0 heterocycles. The van der Waals surface area contributed by atoms with Crippen LogP contribution in [0.1, 0.15) is 6.92 Å². The lowest BCUT2D eigenvalue weighted by Crippen LogP contribution is -2.10. The topological polar surface area (TPSA) is 140 Å². The molecule has 0 aliphatic carbocycles. The van der Waals surface area contributed by atoms with Crippen molar-refractivity contribution in [3.8, 4) is 0 Å². The zero-order valence-electron chi connectivity index (χ0n) is 8.81. The van der Waals surface area contributed by atoms with Gasteiger partial charge in [-0.3, -0.25) is 4.52 Å². The van der Waals surface area contributed by atoms with Gasteiger partial charge < -0.3 is 19.4 Å². The van der Waals surface area contributed by atoms with Crippen molar-refractivity contribution in [2.24, 2.45) is 0 Å². The normalized spacial score (nSPS) is 15.1. The SMILES string of the molecule is C=C(C)C(=O)OCCOP(=O)(O)OP(=O)(O)O. The molecule has 1 unspecified atom stereocenters. The first-order chi connectivity index (χ1) is 7.53. The van der Waals surface area contributed by atoms with Crippen LogP contribution in [-0.2, 0) is 27.5 Å². The van der Waals surface area contributed by atoms with Crippen LogP contribution < -0.4 is 0 Å². The van der Waals surface area contributed by atoms with E-state index in [4.69, 9.17) is 14.7 Å². The van der Waals surface area contributed by atoms with Crippen LogP contribution in [0.2, 0.25) is 0 Å². The van der Waals surface area contributed by atoms with E-state index in [9.17, 15) is 13.9 Å². The van der Waals surface area contributed by atoms with Gasteiger partial charge in [-0.1, -0.05) is 6.58 Å². The minimum absolute atomic E-state index is 0.128. The Hall–Kier alpha value is -0.530. The third kappa shape index (κ3) is 9.20. The zero-order chi connectivity index (χ0) is 13.7. The lowest BCUT2D eigenvalue weighted by Gasteiger charge is -2.12. The van der Waals surface area contributed by atoms with Crippen molar-refractivity contribution in [1.29, 1.82) is 0 Å². The van der Waals surface area contributed by atoms with Gasteiger partial charge in [-0.2, -0.15) is 4.31 Å². The Kier molecular flexibility index (Phi) is 6.22. The molecule has 100 valence electrons. The van der Waals surface area contributed by atoms with Crippen LogP contribution in [0.5, 0.6) is 0 Å². The highest BCUT2D eigenvalue weighted by Crippen LogP contribution is 2.57. The first-order valence-corrected chi connectivity index (χ1v) is 7.13. The fraction of sp³-hybridized carbons (Fsp3) is 0.500. The first-order valence-electron chi connectivity index (χ1n) is 4.10. The van der Waals surface area contributed by atoms with E-state index in [1.54, 1.807) is 0 Å². The molecule has 0 radical (unpaired) electrons. The number of hydrogen-bond acceptors (Lipinski definition) is 6. The molecule has 17 heavy (non-hydrogen) atoms. The van der Waals surface area contributed by atoms with E-state index < -0.39 is 28.2 Å². The quantitative estimate of drug-likeness (QED) is 0.262. The highest BCUT2D eigenvalue weighted by Gasteiger charge is 2.32. The maximum atomic E-state index is 10.9. The molecule has 3 N–H and O–H groups in total. The van der Waals surface area contributed by atoms with Crippen LogP contribution in [0.25, 0.3) is 0 Å². The van der Waals surface area contributed by atoms with Crippen LogP contribution in [0.3, 0.4) is 0 Å². The van der Waals surface area contributed by atoms with E-state index in [1.807, 2.05) is 0 Å². The molecule has 0 aromatic rings. The molecule has 0 aliphatic heterocycles. The number of rotatable bonds is 7. The smallest absolute Gasteiger partial charge is 0.460 e. The highest BCUT2D eigenvalue weighted by molar-refractivity contribution is 7.60. The molecule has 0 aromatic heterocycles. The zero-order valence-corrected chi connectivity index (χ0v) is 10.6. The Morgan fingerprint density at radius 1 is 1.24 bits per heavy atom. The van der Waals surface area contributed by atoms with Gasteiger partial charge in [0.05, 0.1) is 6.61 Å². The summed E-state index contributed by atoms with van der Waals surface area (Å²) >= 11 is 0. The van der Waals surface area contributed by atoms with Crippen molar-refractivity contribution < 1.29 is 42.2 Å². The number of carbonyl (C=O) groups excluding carboxylic acids is 1. The molecule has 0 bridgehead atoms. The minimum Gasteiger partial charge on any atom is -0.460 e. The van der Waals surface area contributed by atoms with Crippen LogP contribution >= 0.6 is 15.6 Å². The summed E-state index contributed by atoms with van der Waals surface area (Å²) in [6.45, 7) is 3.73. The van der Waals surface area contributed by atoms with Gasteiger partial charge in [0.25, 0.3) is 0 Å². The van der Waals surface area contributed by atoms with Crippen molar-refractivity contribution in [3.63, 3.8) is 0 Å². The summed E-state index contributed by atoms with van der Waals surface area (Å²) in [5.74, 6) is -0.725. The Labute approximate surface area is 96.9 Å². The Bertz CT molecular complexity index is 383. The van der Waals surface area contributed by atoms with Crippen molar-refractivity contribution in [3.05, 3.63) is 12.2 Å². The van der Waals surface area contributed by atoms with Crippen molar-refractivity contribution in [1.82, 2.24) is 0 Å². The summed E-state index contributed by atoms with van der Waals surface area (Å²) in [5, 5.41) is 0. The Morgan fingerprint density at radius 3 is 2.18 bits per heavy atom. The molecule has 0 saturated heterocycles. The molecule has 0 saturated carbocycles. The number of phosphoric ester groups is 1. The number of hydrogen-bond donors (Lipinski definition) is 3. The van der Waals surface area contributed by atoms with Crippen molar-refractivity contribution in [2.45, 2.75) is 6.92 Å². The van der Waals surface area contributed by atoms with Crippen LogP contribution in [0, 0.1) is 0 Å². The summed E-state index contributed by atoms with van der Waals surface area (Å²) in [6, 6.07) is 0. The molecule has 0 spiro atoms. The first kappa shape index (κ1) is 16.5. The molecule has 1 atom stereocenters. The second-order valence-electron chi connectivity index (χ2n) is 2.79. The van der Waals surface area contributed by atoms with Crippen molar-refractivity contribution in [2.75, 3.05) is 13.2 Å². The fourth-order valence-electron chi connectivity index (χ4n) is 0.568. The van der Waals surface area contributed by atoms with Gasteiger partial charge in [0.15, 0.2) is 0 Å². The van der Waals surface area contributed by atoms with Crippen LogP contribution in [0.15, 0.2) is 12.2 Å². The molecule has 11 heteroatoms. The molecule has 9 nitrogen and oxygen atoms in total. The average Bonchev–Trinajstić information content (AvgIpc) is 2.07. The molecule has 0 fully saturated rings. The van der Waals surface area contributed by atoms with E-state index in [0.717, 1.165) is 0 Å². The lowest BCUT2D eigenvalue weighted by atomic mass is 10.4. The average molecular weight is 290 g/mol. The van der Waals surface area contributed by atoms with Gasteiger partial charge in [-0.05, 0) is 6.92 Å². The second-order valence-corrected chi connectivity index (χ2v) is 5.62. The predicted molar refractivity (Wildman–Crippen MR) is 54.7 cm³/mol. The monoisotopic (exact) mass is 290 g/mol. The number of esters is 1. The summed E-state index contributed by atoms with van der Waals surface area (Å²) in [7, 11) is -10.0. The van der Waals surface area contributed by atoms with E-state index in [2.05, 4.69) is 20.2 Å². The standard InChI is InChI=1S/C6H12O9P2/c1-5(2)6(7)13-3-4-14-17(11,12)15-16(8,9)10/h1,3-4H2,2H3,(H,11,12)(H2,8,9,10). The Balaban J connectivity index is 3.97. The molecular formula is C6H12O9P2. The highest BCUT2D eigenvalue weighted by atomic mass is 31.3. The molecule has 0 amide bonds. The number of phosphoric acid groups is 2. The summed E-state index contributed by atoms with van der Waals surface area (Å²) in [6.07, 6.45) is 0. The van der Waals surface area contributed by atoms with Crippen LogP contribution in [0.4, 0.5) is 0 Å². The summed E-state index contributed by atoms with van der Waals surface area (Å²) in [5.41, 5.74) is 0.128. The maximum Gasteiger partial charge on any atom is 0.481 e. The van der Waals surface area contributed by atoms with E-state index in [1.165, 1.54) is 6.92 Å². The van der Waals surface area contributed by atoms with E-state index in [0.29, 0.717) is 0 Å². The van der Waals surface area contributed by atoms with Crippen molar-refractivity contribution >= 4 is 21.6 Å². The van der Waals surface area contributed by atoms with Gasteiger partial charge in [-0.25, -0.2) is 13.9 Å². The molecular weight excluding hydrogens is 278 g/mol. The summed E-state index contributed by atoms with van der Waals surface area (Å²) in [4.78, 5) is 36.1. The predicted octanol–water partition coefficient (Wildman–Crippen LogP) is 0.332. The maximum absolute atomic E-state index is 10.9. The fourth-order valence-corrected chi connectivity index (χ4v) is 2.14. The lowest BCUT2D eigenvalue weighted by molar-refractivity contribution is -0.139. The van der Waals surface area contributed by atoms with Crippen LogP contribution in [-0.4, -0.2) is 33.9 Å². The Morgan fingerprint density at radius 2 is 1.76 bits per heavy atom. The third-order valence-corrected chi connectivity index (χ3v) is 3.31. The van der Waals surface area contributed by atoms with Gasteiger partial charge in [0, 0.05) is 5.57 Å². The van der Waals surface area contributed by atoms with Gasteiger partial charge in [-0.15, -0.1) is 0 Å². The van der Waals surface area contributed by atoms with Gasteiger partial charge in [0.2, 0.25) is 0 Å². The van der Waals surface area contributed by atoms with E-state index >= 15 is 0 Å². The molecule has 0 aliphatic rings. The summed E-state index contributed by atoms with van der Waals surface area (Å²) < 4.78 is 33.2. The largest absolute Gasteiger partial charge is 0.481 e. The third-order valence-electron chi connectivity index (χ3n) is 1.13. The molecule has 0 aromatic carbocycles. The van der Waals surface area contributed by atoms with E-state index in [-0.39, 0.29) is 12.2 Å². The molecule has 0 rings (SSSR count). The number of carbonyl (C=O) groups is 1. The van der Waals surface area contributed by atoms with Gasteiger partial charge in [0.1, 0.15) is 6.61 Å². The minimum atomic E-state index is -5.13. The second kappa shape index (κ2) is 6.42. The number of ether oxygens (including phenoxy) is 1. The van der Waals surface area contributed by atoms with Gasteiger partial charge >= 0.3 is 21.6 Å².